The van der Waals surface area contributed by atoms with Crippen molar-refractivity contribution in [3.05, 3.63) is 12.7 Å². The molecule has 0 aromatic rings. The molecule has 1 fully saturated rings. The van der Waals surface area contributed by atoms with E-state index < -0.39 is 18.4 Å². The number of ketones is 1. The van der Waals surface area contributed by atoms with E-state index in [-0.39, 0.29) is 19.0 Å². The molecule has 16 heavy (non-hydrogen) atoms. The van der Waals surface area contributed by atoms with E-state index in [2.05, 4.69) is 11.9 Å². The molecule has 0 radical (unpaired) electrons. The number of carbonyl (C=O) groups is 2. The summed E-state index contributed by atoms with van der Waals surface area (Å²) in [6, 6.07) is -0.794. The van der Waals surface area contributed by atoms with Crippen LogP contribution in [0.3, 0.4) is 0 Å². The van der Waals surface area contributed by atoms with Crippen LogP contribution < -0.4 is 5.32 Å². The molecule has 1 amide bonds. The van der Waals surface area contributed by atoms with E-state index in [1.807, 2.05) is 0 Å². The van der Waals surface area contributed by atoms with Crippen molar-refractivity contribution in [1.82, 2.24) is 5.32 Å². The van der Waals surface area contributed by atoms with Gasteiger partial charge in [0, 0.05) is 6.61 Å². The maximum Gasteiger partial charge on any atom is 0.408 e. The highest BCUT2D eigenvalue weighted by atomic mass is 16.7. The number of hydrogen-bond acceptors (Lipinski definition) is 5. The first-order valence-electron chi connectivity index (χ1n) is 4.99. The van der Waals surface area contributed by atoms with Crippen LogP contribution in [0.4, 0.5) is 4.79 Å². The van der Waals surface area contributed by atoms with Crippen LogP contribution in [0, 0.1) is 0 Å². The lowest BCUT2D eigenvalue weighted by Crippen LogP contribution is -2.46. The number of amides is 1. The number of ether oxygens (including phenoxy) is 3. The fourth-order valence-electron chi connectivity index (χ4n) is 1.26. The number of hydrogen-bond donors (Lipinski definition) is 1. The predicted molar refractivity (Wildman–Crippen MR) is 54.8 cm³/mol. The Morgan fingerprint density at radius 1 is 1.75 bits per heavy atom. The fraction of sp³-hybridized carbons (Fsp3) is 0.600. The lowest BCUT2D eigenvalue weighted by atomic mass is 10.2. The van der Waals surface area contributed by atoms with Gasteiger partial charge in [0.05, 0.1) is 0 Å². The van der Waals surface area contributed by atoms with Crippen LogP contribution in [-0.4, -0.2) is 44.0 Å². The maximum atomic E-state index is 11.4. The normalized spacial score (nSPS) is 24.2. The van der Waals surface area contributed by atoms with Crippen LogP contribution >= 0.6 is 0 Å². The molecule has 1 heterocycles. The van der Waals surface area contributed by atoms with E-state index >= 15 is 0 Å². The van der Waals surface area contributed by atoms with Crippen molar-refractivity contribution in [3.63, 3.8) is 0 Å². The average Bonchev–Trinajstić information content (AvgIpc) is 2.59. The van der Waals surface area contributed by atoms with Crippen molar-refractivity contribution < 1.29 is 23.8 Å². The van der Waals surface area contributed by atoms with Gasteiger partial charge in [-0.05, 0) is 6.92 Å². The molecule has 0 aromatic carbocycles. The Morgan fingerprint density at radius 3 is 3.12 bits per heavy atom. The summed E-state index contributed by atoms with van der Waals surface area (Å²) in [4.78, 5) is 22.6. The third kappa shape index (κ3) is 3.32. The summed E-state index contributed by atoms with van der Waals surface area (Å²) in [5.74, 6) is -0.228. The molecule has 2 atom stereocenters. The second kappa shape index (κ2) is 6.24. The smallest absolute Gasteiger partial charge is 0.408 e. The summed E-state index contributed by atoms with van der Waals surface area (Å²) in [5.41, 5.74) is 0. The molecule has 0 aromatic heterocycles. The molecule has 0 bridgehead atoms. The summed E-state index contributed by atoms with van der Waals surface area (Å²) in [6.07, 6.45) is 0.0225. The number of Topliss-reactive ketones (excluding diaryl/α,β-unsaturated/α-hetero) is 1. The van der Waals surface area contributed by atoms with Gasteiger partial charge in [-0.25, -0.2) is 4.79 Å². The van der Waals surface area contributed by atoms with Crippen molar-refractivity contribution >= 4 is 11.9 Å². The van der Waals surface area contributed by atoms with Crippen LogP contribution in [-0.2, 0) is 19.0 Å². The topological polar surface area (TPSA) is 73.9 Å². The minimum Gasteiger partial charge on any atom is -0.445 e. The van der Waals surface area contributed by atoms with Crippen LogP contribution in [0.5, 0.6) is 0 Å². The number of carbonyl (C=O) groups excluding carboxylic acids is 2. The first kappa shape index (κ1) is 12.7. The zero-order valence-corrected chi connectivity index (χ0v) is 9.10. The minimum absolute atomic E-state index is 0.0585. The molecule has 6 nitrogen and oxygen atoms in total. The Balaban J connectivity index is 2.45. The second-order valence-corrected chi connectivity index (χ2v) is 3.11. The van der Waals surface area contributed by atoms with Crippen molar-refractivity contribution in [2.24, 2.45) is 0 Å². The van der Waals surface area contributed by atoms with Gasteiger partial charge >= 0.3 is 6.09 Å². The number of alkyl carbamates (subject to hydrolysis) is 1. The van der Waals surface area contributed by atoms with Gasteiger partial charge < -0.3 is 19.5 Å². The first-order chi connectivity index (χ1) is 7.69. The molecule has 0 aliphatic carbocycles. The third-order valence-electron chi connectivity index (χ3n) is 1.95. The molecule has 1 saturated heterocycles. The van der Waals surface area contributed by atoms with Crippen molar-refractivity contribution in [1.29, 1.82) is 0 Å². The van der Waals surface area contributed by atoms with Gasteiger partial charge in [-0.1, -0.05) is 12.7 Å². The highest BCUT2D eigenvalue weighted by molar-refractivity contribution is 5.90. The predicted octanol–water partition coefficient (Wildman–Crippen LogP) is 0.229. The quantitative estimate of drug-likeness (QED) is 0.683. The van der Waals surface area contributed by atoms with Crippen LogP contribution in [0.25, 0.3) is 0 Å². The molecule has 1 aliphatic heterocycles. The summed E-state index contributed by atoms with van der Waals surface area (Å²) in [6.45, 7) is 5.61. The molecule has 1 aliphatic rings. The van der Waals surface area contributed by atoms with Crippen LogP contribution in [0.15, 0.2) is 12.7 Å². The molecule has 2 unspecified atom stereocenters. The van der Waals surface area contributed by atoms with E-state index in [0.717, 1.165) is 0 Å². The number of rotatable bonds is 5. The Labute approximate surface area is 93.5 Å². The molecular weight excluding hydrogens is 214 g/mol. The highest BCUT2D eigenvalue weighted by Gasteiger charge is 2.37. The Kier molecular flexibility index (Phi) is 4.94. The third-order valence-corrected chi connectivity index (χ3v) is 1.95. The van der Waals surface area contributed by atoms with E-state index in [0.29, 0.717) is 6.61 Å². The van der Waals surface area contributed by atoms with Crippen molar-refractivity contribution in [2.45, 2.75) is 19.3 Å². The summed E-state index contributed by atoms with van der Waals surface area (Å²) in [7, 11) is 0. The second-order valence-electron chi connectivity index (χ2n) is 3.11. The summed E-state index contributed by atoms with van der Waals surface area (Å²) < 4.78 is 14.9. The monoisotopic (exact) mass is 229 g/mol. The van der Waals surface area contributed by atoms with Gasteiger partial charge in [0.2, 0.25) is 0 Å². The van der Waals surface area contributed by atoms with Crippen LogP contribution in [0.1, 0.15) is 6.92 Å². The van der Waals surface area contributed by atoms with E-state index in [4.69, 9.17) is 14.2 Å². The number of nitrogens with one attached hydrogen (secondary N) is 1. The Morgan fingerprint density at radius 2 is 2.50 bits per heavy atom. The largest absolute Gasteiger partial charge is 0.445 e. The highest BCUT2D eigenvalue weighted by Crippen LogP contribution is 2.11. The van der Waals surface area contributed by atoms with Gasteiger partial charge in [0.15, 0.2) is 12.1 Å². The van der Waals surface area contributed by atoms with E-state index in [1.54, 1.807) is 6.92 Å². The molecular formula is C10H15NO5. The van der Waals surface area contributed by atoms with E-state index in [1.165, 1.54) is 6.08 Å². The zero-order valence-electron chi connectivity index (χ0n) is 9.10. The zero-order chi connectivity index (χ0) is 12.0. The van der Waals surface area contributed by atoms with Crippen molar-refractivity contribution in [2.75, 3.05) is 19.8 Å². The van der Waals surface area contributed by atoms with Crippen molar-refractivity contribution in [3.8, 4) is 0 Å². The minimum atomic E-state index is -0.794. The molecule has 1 rings (SSSR count). The maximum absolute atomic E-state index is 11.4. The lowest BCUT2D eigenvalue weighted by Gasteiger charge is -2.17. The molecule has 0 spiro atoms. The molecule has 1 N–H and O–H groups in total. The van der Waals surface area contributed by atoms with Gasteiger partial charge in [0.1, 0.15) is 19.3 Å². The van der Waals surface area contributed by atoms with Gasteiger partial charge in [-0.2, -0.15) is 0 Å². The summed E-state index contributed by atoms with van der Waals surface area (Å²) >= 11 is 0. The molecule has 0 saturated carbocycles. The standard InChI is InChI=1S/C10H15NO5/c1-3-5-15-10(13)11-8-7(12)6-16-9(8)14-4-2/h3,8-9H,1,4-6H2,2H3,(H,11,13). The van der Waals surface area contributed by atoms with Crippen LogP contribution in [0.2, 0.25) is 0 Å². The first-order valence-corrected chi connectivity index (χ1v) is 4.99. The van der Waals surface area contributed by atoms with Gasteiger partial charge in [-0.3, -0.25) is 4.79 Å². The average molecular weight is 229 g/mol. The SMILES string of the molecule is C=CCOC(=O)NC1C(=O)COC1OCC. The van der Waals surface area contributed by atoms with Gasteiger partial charge in [-0.15, -0.1) is 0 Å². The Hall–Kier alpha value is -1.40. The Bertz CT molecular complexity index is 278. The van der Waals surface area contributed by atoms with Gasteiger partial charge in [0.25, 0.3) is 0 Å². The van der Waals surface area contributed by atoms with E-state index in [9.17, 15) is 9.59 Å². The fourth-order valence-corrected chi connectivity index (χ4v) is 1.26. The molecule has 6 heteroatoms. The lowest BCUT2D eigenvalue weighted by molar-refractivity contribution is -0.119. The molecule has 90 valence electrons. The summed E-state index contributed by atoms with van der Waals surface area (Å²) in [5, 5.41) is 2.39.